The molecule has 1 aliphatic carbocycles. The van der Waals surface area contributed by atoms with Gasteiger partial charge in [0.25, 0.3) is 0 Å². The van der Waals surface area contributed by atoms with E-state index in [1.165, 1.54) is 0 Å². The Morgan fingerprint density at radius 1 is 1.33 bits per heavy atom. The number of cyclic esters (lactones) is 1. The van der Waals surface area contributed by atoms with Crippen LogP contribution in [0.4, 0.5) is 0 Å². The Hall–Kier alpha value is -0.520. The van der Waals surface area contributed by atoms with Crippen molar-refractivity contribution in [1.29, 1.82) is 0 Å². The number of rotatable bonds is 3. The van der Waals surface area contributed by atoms with E-state index in [-0.39, 0.29) is 24.0 Å². The summed E-state index contributed by atoms with van der Waals surface area (Å²) in [4.78, 5) is 26.0. The maximum Gasteiger partial charge on any atom is 0.323 e. The smallest absolute Gasteiger partial charge is 0.323 e. The third-order valence-electron chi connectivity index (χ3n) is 4.97. The molecule has 2 unspecified atom stereocenters. The van der Waals surface area contributed by atoms with Crippen molar-refractivity contribution in [3.05, 3.63) is 0 Å². The molecule has 21 heavy (non-hydrogen) atoms. The second kappa shape index (κ2) is 5.28. The van der Waals surface area contributed by atoms with Crippen molar-refractivity contribution < 1.29 is 14.3 Å². The van der Waals surface area contributed by atoms with Crippen molar-refractivity contribution in [1.82, 2.24) is 10.2 Å². The first kappa shape index (κ1) is 15.4. The van der Waals surface area contributed by atoms with Gasteiger partial charge in [0.15, 0.2) is 0 Å². The minimum Gasteiger partial charge on any atom is -0.464 e. The summed E-state index contributed by atoms with van der Waals surface area (Å²) in [6.45, 7) is 3.92. The molecule has 0 aromatic heterocycles. The van der Waals surface area contributed by atoms with Crippen LogP contribution in [0.15, 0.2) is 0 Å². The van der Waals surface area contributed by atoms with Gasteiger partial charge in [-0.05, 0) is 26.2 Å². The lowest BCUT2D eigenvalue weighted by Crippen LogP contribution is -2.50. The minimum atomic E-state index is -0.925. The molecule has 0 radical (unpaired) electrons. The number of hydrogen-bond donors (Lipinski definition) is 1. The summed E-state index contributed by atoms with van der Waals surface area (Å²) in [6, 6.07) is 0.0358. The summed E-state index contributed by atoms with van der Waals surface area (Å²) in [5, 5.41) is 3.05. The Morgan fingerprint density at radius 3 is 2.43 bits per heavy atom. The van der Waals surface area contributed by atoms with Gasteiger partial charge in [0.2, 0.25) is 5.91 Å². The molecular formula is C14H20Cl2N2O3. The van der Waals surface area contributed by atoms with Crippen LogP contribution in [0.1, 0.15) is 32.6 Å². The van der Waals surface area contributed by atoms with Crippen molar-refractivity contribution in [2.24, 2.45) is 5.41 Å². The number of carbonyl (C=O) groups is 2. The Bertz CT molecular complexity index is 463. The highest BCUT2D eigenvalue weighted by Crippen LogP contribution is 2.63. The molecule has 2 saturated heterocycles. The van der Waals surface area contributed by atoms with E-state index in [4.69, 9.17) is 27.9 Å². The summed E-state index contributed by atoms with van der Waals surface area (Å²) in [5.41, 5.74) is -0.664. The zero-order chi connectivity index (χ0) is 15.3. The summed E-state index contributed by atoms with van der Waals surface area (Å²) in [7, 11) is 0. The molecule has 2 heterocycles. The highest BCUT2D eigenvalue weighted by Gasteiger charge is 2.68. The van der Waals surface area contributed by atoms with Gasteiger partial charge in [0, 0.05) is 25.6 Å². The predicted molar refractivity (Wildman–Crippen MR) is 79.3 cm³/mol. The Balaban J connectivity index is 1.48. The van der Waals surface area contributed by atoms with Gasteiger partial charge in [-0.2, -0.15) is 0 Å². The first-order valence-electron chi connectivity index (χ1n) is 7.43. The lowest BCUT2D eigenvalue weighted by Gasteiger charge is -2.35. The fourth-order valence-electron chi connectivity index (χ4n) is 3.16. The van der Waals surface area contributed by atoms with E-state index in [1.807, 2.05) is 0 Å². The maximum atomic E-state index is 12.2. The van der Waals surface area contributed by atoms with Crippen LogP contribution in [0.5, 0.6) is 0 Å². The zero-order valence-electron chi connectivity index (χ0n) is 12.0. The molecule has 0 aromatic rings. The zero-order valence-corrected chi connectivity index (χ0v) is 13.5. The summed E-state index contributed by atoms with van der Waals surface area (Å²) < 4.78 is 4.08. The summed E-state index contributed by atoms with van der Waals surface area (Å²) >= 11 is 12.1. The van der Waals surface area contributed by atoms with Gasteiger partial charge >= 0.3 is 5.97 Å². The van der Waals surface area contributed by atoms with Crippen molar-refractivity contribution in [3.8, 4) is 0 Å². The number of amides is 1. The number of piperidine rings is 1. The van der Waals surface area contributed by atoms with Crippen LogP contribution in [-0.2, 0) is 14.3 Å². The SMILES string of the molecule is CC1(C(=O)NC2CCN(C3CCOC3=O)CC2)CC1(Cl)Cl. The number of carbonyl (C=O) groups excluding carboxylic acids is 2. The molecular weight excluding hydrogens is 315 g/mol. The van der Waals surface area contributed by atoms with E-state index >= 15 is 0 Å². The fourth-order valence-corrected chi connectivity index (χ4v) is 3.87. The number of likely N-dealkylation sites (tertiary alicyclic amines) is 1. The van der Waals surface area contributed by atoms with Gasteiger partial charge in [-0.3, -0.25) is 14.5 Å². The molecule has 0 aromatic carbocycles. The van der Waals surface area contributed by atoms with E-state index in [0.717, 1.165) is 32.4 Å². The van der Waals surface area contributed by atoms with Crippen molar-refractivity contribution in [2.45, 2.75) is 49.0 Å². The van der Waals surface area contributed by atoms with E-state index in [2.05, 4.69) is 10.2 Å². The molecule has 2 aliphatic heterocycles. The summed E-state index contributed by atoms with van der Waals surface area (Å²) in [6.07, 6.45) is 2.95. The van der Waals surface area contributed by atoms with Gasteiger partial charge < -0.3 is 10.1 Å². The standard InChI is InChI=1S/C14H20Cl2N2O3/c1-13(8-14(13,15)16)12(20)17-9-2-5-18(6-3-9)10-4-7-21-11(10)19/h9-10H,2-8H2,1H3,(H,17,20). The third kappa shape index (κ3) is 2.76. The molecule has 1 N–H and O–H groups in total. The predicted octanol–water partition coefficient (Wildman–Crippen LogP) is 1.47. The summed E-state index contributed by atoms with van der Waals surface area (Å²) in [5.74, 6) is -0.178. The van der Waals surface area contributed by atoms with Crippen LogP contribution in [0.3, 0.4) is 0 Å². The lowest BCUT2D eigenvalue weighted by atomic mass is 10.0. The number of alkyl halides is 2. The van der Waals surface area contributed by atoms with Crippen LogP contribution in [0.25, 0.3) is 0 Å². The number of ether oxygens (including phenoxy) is 1. The molecule has 0 bridgehead atoms. The molecule has 2 atom stereocenters. The first-order chi connectivity index (χ1) is 9.83. The Labute approximate surface area is 134 Å². The number of esters is 1. The molecule has 118 valence electrons. The third-order valence-corrected chi connectivity index (χ3v) is 6.07. The van der Waals surface area contributed by atoms with Gasteiger partial charge in [-0.1, -0.05) is 0 Å². The van der Waals surface area contributed by atoms with Crippen LogP contribution >= 0.6 is 23.2 Å². The molecule has 1 saturated carbocycles. The Morgan fingerprint density at radius 2 is 1.95 bits per heavy atom. The highest BCUT2D eigenvalue weighted by atomic mass is 35.5. The van der Waals surface area contributed by atoms with Crippen LogP contribution in [-0.4, -0.2) is 52.9 Å². The van der Waals surface area contributed by atoms with Crippen LogP contribution in [0, 0.1) is 5.41 Å². The largest absolute Gasteiger partial charge is 0.464 e. The molecule has 7 heteroatoms. The number of nitrogens with one attached hydrogen (secondary N) is 1. The molecule has 3 fully saturated rings. The first-order valence-corrected chi connectivity index (χ1v) is 8.18. The average Bonchev–Trinajstić information content (AvgIpc) is 2.76. The van der Waals surface area contributed by atoms with Crippen molar-refractivity contribution in [2.75, 3.05) is 19.7 Å². The van der Waals surface area contributed by atoms with Crippen LogP contribution in [0.2, 0.25) is 0 Å². The van der Waals surface area contributed by atoms with Gasteiger partial charge in [0.1, 0.15) is 10.4 Å². The molecule has 1 amide bonds. The second-order valence-corrected chi connectivity index (χ2v) is 7.95. The molecule has 3 rings (SSSR count). The van der Waals surface area contributed by atoms with Gasteiger partial charge in [-0.15, -0.1) is 23.2 Å². The average molecular weight is 335 g/mol. The normalized spacial score (nSPS) is 36.3. The quantitative estimate of drug-likeness (QED) is 0.627. The second-order valence-electron chi connectivity index (χ2n) is 6.47. The Kier molecular flexibility index (Phi) is 3.87. The lowest BCUT2D eigenvalue weighted by molar-refractivity contribution is -0.142. The molecule has 3 aliphatic rings. The number of nitrogens with zero attached hydrogens (tertiary/aromatic N) is 1. The van der Waals surface area contributed by atoms with E-state index in [9.17, 15) is 9.59 Å². The van der Waals surface area contributed by atoms with Gasteiger partial charge in [0.05, 0.1) is 12.0 Å². The van der Waals surface area contributed by atoms with Crippen molar-refractivity contribution in [3.63, 3.8) is 0 Å². The van der Waals surface area contributed by atoms with Crippen LogP contribution < -0.4 is 5.32 Å². The maximum absolute atomic E-state index is 12.2. The van der Waals surface area contributed by atoms with E-state index in [1.54, 1.807) is 6.92 Å². The highest BCUT2D eigenvalue weighted by molar-refractivity contribution is 6.53. The van der Waals surface area contributed by atoms with Gasteiger partial charge in [-0.25, -0.2) is 0 Å². The minimum absolute atomic E-state index is 0.0637. The topological polar surface area (TPSA) is 58.6 Å². The molecule has 0 spiro atoms. The number of hydrogen-bond acceptors (Lipinski definition) is 4. The van der Waals surface area contributed by atoms with E-state index < -0.39 is 9.75 Å². The van der Waals surface area contributed by atoms with E-state index in [0.29, 0.717) is 13.0 Å². The van der Waals surface area contributed by atoms with Crippen molar-refractivity contribution >= 4 is 35.1 Å². The fraction of sp³-hybridized carbons (Fsp3) is 0.857. The number of halogens is 2. The molecule has 5 nitrogen and oxygen atoms in total. The monoisotopic (exact) mass is 334 g/mol.